The van der Waals surface area contributed by atoms with Crippen molar-refractivity contribution in [3.63, 3.8) is 0 Å². The lowest BCUT2D eigenvalue weighted by Gasteiger charge is -2.05. The first kappa shape index (κ1) is 20.3. The minimum Gasteiger partial charge on any atom is -0.465 e. The van der Waals surface area contributed by atoms with Gasteiger partial charge in [0.2, 0.25) is 5.76 Å². The lowest BCUT2D eigenvalue weighted by Crippen LogP contribution is -2.05. The van der Waals surface area contributed by atoms with Gasteiger partial charge in [0, 0.05) is 18.0 Å². The van der Waals surface area contributed by atoms with Gasteiger partial charge in [0.15, 0.2) is 0 Å². The van der Waals surface area contributed by atoms with Crippen molar-refractivity contribution in [2.45, 2.75) is 6.18 Å². The molecule has 0 bridgehead atoms. The van der Waals surface area contributed by atoms with Gasteiger partial charge in [0.25, 0.3) is 0 Å². The normalized spacial score (nSPS) is 11.5. The lowest BCUT2D eigenvalue weighted by atomic mass is 10.0. The summed E-state index contributed by atoms with van der Waals surface area (Å²) in [6.45, 7) is 0. The molecule has 0 aliphatic heterocycles. The van der Waals surface area contributed by atoms with Gasteiger partial charge in [0.05, 0.1) is 23.9 Å². The van der Waals surface area contributed by atoms with Crippen LogP contribution in [0, 0.1) is 5.82 Å². The van der Waals surface area contributed by atoms with Crippen molar-refractivity contribution in [2.24, 2.45) is 0 Å². The molecular weight excluding hydrogens is 420 g/mol. The number of alkyl halides is 3. The Labute approximate surface area is 171 Å². The minimum absolute atomic E-state index is 0.0771. The molecule has 0 saturated carbocycles. The number of aromatic nitrogens is 4. The van der Waals surface area contributed by atoms with Gasteiger partial charge in [-0.3, -0.25) is 4.57 Å². The van der Waals surface area contributed by atoms with E-state index in [2.05, 4.69) is 24.4 Å². The van der Waals surface area contributed by atoms with Gasteiger partial charge in [0.1, 0.15) is 23.7 Å². The molecule has 0 radical (unpaired) electrons. The summed E-state index contributed by atoms with van der Waals surface area (Å²) in [5.74, 6) is -2.14. The number of esters is 1. The number of hydrogen-bond donors (Lipinski definition) is 0. The monoisotopic (exact) mass is 432 g/mol. The minimum atomic E-state index is -4.83. The highest BCUT2D eigenvalue weighted by Crippen LogP contribution is 2.42. The van der Waals surface area contributed by atoms with Crippen LogP contribution in [0.4, 0.5) is 17.6 Å². The third-order valence-corrected chi connectivity index (χ3v) is 4.34. The first-order valence-electron chi connectivity index (χ1n) is 8.70. The van der Waals surface area contributed by atoms with Crippen LogP contribution in [-0.2, 0) is 10.9 Å². The topological polar surface area (TPSA) is 83.0 Å². The Balaban J connectivity index is 1.78. The van der Waals surface area contributed by atoms with Gasteiger partial charge < -0.3 is 9.26 Å². The van der Waals surface area contributed by atoms with E-state index in [1.165, 1.54) is 54.7 Å². The highest BCUT2D eigenvalue weighted by atomic mass is 19.4. The summed E-state index contributed by atoms with van der Waals surface area (Å²) < 4.78 is 64.4. The summed E-state index contributed by atoms with van der Waals surface area (Å²) >= 11 is 0. The zero-order valence-electron chi connectivity index (χ0n) is 15.7. The van der Waals surface area contributed by atoms with Crippen molar-refractivity contribution in [2.75, 3.05) is 7.11 Å². The SMILES string of the molecule is COC(=O)c1ccc(-n2cnc(-c3c(-c4ccc(F)cc4)noc3C(F)(F)F)c2)nc1. The summed E-state index contributed by atoms with van der Waals surface area (Å²) in [7, 11) is 1.23. The Hall–Kier alpha value is -4.02. The molecule has 31 heavy (non-hydrogen) atoms. The van der Waals surface area contributed by atoms with Gasteiger partial charge in [-0.15, -0.1) is 0 Å². The molecule has 1 aromatic carbocycles. The Morgan fingerprint density at radius 2 is 1.84 bits per heavy atom. The zero-order valence-corrected chi connectivity index (χ0v) is 15.7. The molecule has 0 N–H and O–H groups in total. The van der Waals surface area contributed by atoms with E-state index in [1.54, 1.807) is 0 Å². The predicted octanol–water partition coefficient (Wildman–Crippen LogP) is 4.53. The Morgan fingerprint density at radius 3 is 2.45 bits per heavy atom. The van der Waals surface area contributed by atoms with Crippen LogP contribution in [0.3, 0.4) is 0 Å². The van der Waals surface area contributed by atoms with E-state index in [0.717, 1.165) is 12.1 Å². The van der Waals surface area contributed by atoms with E-state index in [0.29, 0.717) is 5.82 Å². The average Bonchev–Trinajstić information content (AvgIpc) is 3.41. The van der Waals surface area contributed by atoms with Crippen molar-refractivity contribution in [1.82, 2.24) is 19.7 Å². The summed E-state index contributed by atoms with van der Waals surface area (Å²) in [6.07, 6.45) is -0.984. The number of ether oxygens (including phenoxy) is 1. The maximum Gasteiger partial charge on any atom is 0.453 e. The maximum absolute atomic E-state index is 13.5. The van der Waals surface area contributed by atoms with Gasteiger partial charge in [-0.2, -0.15) is 13.2 Å². The van der Waals surface area contributed by atoms with Crippen molar-refractivity contribution < 1.29 is 31.6 Å². The molecule has 0 fully saturated rings. The molecule has 11 heteroatoms. The third kappa shape index (κ3) is 3.89. The molecule has 3 heterocycles. The zero-order chi connectivity index (χ0) is 22.2. The van der Waals surface area contributed by atoms with E-state index < -0.39 is 23.7 Å². The molecule has 0 unspecified atom stereocenters. The molecule has 0 saturated heterocycles. The molecule has 0 aliphatic rings. The van der Waals surface area contributed by atoms with Gasteiger partial charge >= 0.3 is 12.1 Å². The second-order valence-corrected chi connectivity index (χ2v) is 6.30. The fraction of sp³-hybridized carbons (Fsp3) is 0.100. The first-order valence-corrected chi connectivity index (χ1v) is 8.70. The molecule has 0 amide bonds. The number of nitrogens with zero attached hydrogens (tertiary/aromatic N) is 4. The van der Waals surface area contributed by atoms with Crippen molar-refractivity contribution in [1.29, 1.82) is 0 Å². The smallest absolute Gasteiger partial charge is 0.453 e. The fourth-order valence-electron chi connectivity index (χ4n) is 2.88. The second-order valence-electron chi connectivity index (χ2n) is 6.30. The van der Waals surface area contributed by atoms with E-state index in [-0.39, 0.29) is 28.1 Å². The van der Waals surface area contributed by atoms with Crippen LogP contribution in [0.2, 0.25) is 0 Å². The number of halogens is 4. The van der Waals surface area contributed by atoms with Gasteiger partial charge in [-0.05, 0) is 36.4 Å². The summed E-state index contributed by atoms with van der Waals surface area (Å²) in [5.41, 5.74) is -0.156. The van der Waals surface area contributed by atoms with Crippen molar-refractivity contribution >= 4 is 5.97 Å². The molecular formula is C20H12F4N4O3. The average molecular weight is 432 g/mol. The Morgan fingerprint density at radius 1 is 1.10 bits per heavy atom. The van der Waals surface area contributed by atoms with Crippen LogP contribution in [-0.4, -0.2) is 32.8 Å². The lowest BCUT2D eigenvalue weighted by molar-refractivity contribution is -0.154. The molecule has 7 nitrogen and oxygen atoms in total. The standard InChI is InChI=1S/C20H12F4N4O3/c1-30-19(29)12-4-7-15(25-8-12)28-9-14(26-10-28)16-17(11-2-5-13(21)6-3-11)27-31-18(16)20(22,23)24/h2-10H,1H3. The molecule has 4 aromatic rings. The number of rotatable bonds is 4. The molecule has 158 valence electrons. The highest BCUT2D eigenvalue weighted by Gasteiger charge is 2.41. The van der Waals surface area contributed by atoms with Crippen molar-refractivity contribution in [3.8, 4) is 28.3 Å². The largest absolute Gasteiger partial charge is 0.465 e. The summed E-state index contributed by atoms with van der Waals surface area (Å²) in [5, 5.41) is 3.55. The van der Waals surface area contributed by atoms with Crippen LogP contribution >= 0.6 is 0 Å². The quantitative estimate of drug-likeness (QED) is 0.348. The van der Waals surface area contributed by atoms with E-state index >= 15 is 0 Å². The van der Waals surface area contributed by atoms with Crippen molar-refractivity contribution in [3.05, 3.63) is 72.3 Å². The Bertz CT molecular complexity index is 1230. The van der Waals surface area contributed by atoms with Gasteiger partial charge in [-0.25, -0.2) is 19.2 Å². The molecule has 0 spiro atoms. The summed E-state index contributed by atoms with van der Waals surface area (Å²) in [4.78, 5) is 19.7. The van der Waals surface area contributed by atoms with Crippen LogP contribution < -0.4 is 0 Å². The Kier molecular flexibility index (Phi) is 5.01. The molecule has 3 aromatic heterocycles. The van der Waals surface area contributed by atoms with E-state index in [1.807, 2.05) is 0 Å². The summed E-state index contributed by atoms with van der Waals surface area (Å²) in [6, 6.07) is 7.73. The number of methoxy groups -OCH3 is 1. The maximum atomic E-state index is 13.5. The van der Waals surface area contributed by atoms with Crippen LogP contribution in [0.15, 0.2) is 59.6 Å². The number of hydrogen-bond acceptors (Lipinski definition) is 6. The van der Waals surface area contributed by atoms with Crippen LogP contribution in [0.1, 0.15) is 16.1 Å². The van der Waals surface area contributed by atoms with Crippen LogP contribution in [0.5, 0.6) is 0 Å². The van der Waals surface area contributed by atoms with E-state index in [9.17, 15) is 22.4 Å². The van der Waals surface area contributed by atoms with E-state index in [4.69, 9.17) is 0 Å². The van der Waals surface area contributed by atoms with Gasteiger partial charge in [-0.1, -0.05) is 5.16 Å². The molecule has 0 aliphatic carbocycles. The third-order valence-electron chi connectivity index (χ3n) is 4.34. The fourth-order valence-corrected chi connectivity index (χ4v) is 2.88. The number of benzene rings is 1. The predicted molar refractivity (Wildman–Crippen MR) is 98.6 cm³/mol. The van der Waals surface area contributed by atoms with Crippen LogP contribution in [0.25, 0.3) is 28.3 Å². The first-order chi connectivity index (χ1) is 14.8. The highest BCUT2D eigenvalue weighted by molar-refractivity contribution is 5.89. The number of carbonyl (C=O) groups excluding carboxylic acids is 1. The molecule has 0 atom stereocenters. The number of imidazole rings is 1. The number of carbonyl (C=O) groups is 1. The second kappa shape index (κ2) is 7.67. The number of pyridine rings is 1. The molecule has 4 rings (SSSR count).